The quantitative estimate of drug-likeness (QED) is 0.713. The molecule has 0 N–H and O–H groups in total. The Labute approximate surface area is 146 Å². The van der Waals surface area contributed by atoms with Crippen LogP contribution in [0.5, 0.6) is 0 Å². The minimum Gasteiger partial charge on any atom is -0.378 e. The number of anilines is 1. The molecule has 3 aromatic rings. The van der Waals surface area contributed by atoms with Gasteiger partial charge < -0.3 is 9.80 Å². The van der Waals surface area contributed by atoms with Crippen molar-refractivity contribution in [1.82, 2.24) is 24.5 Å². The van der Waals surface area contributed by atoms with Crippen LogP contribution in [0.1, 0.15) is 28.8 Å². The van der Waals surface area contributed by atoms with Crippen LogP contribution in [-0.2, 0) is 6.54 Å². The lowest BCUT2D eigenvalue weighted by Crippen LogP contribution is -2.31. The third kappa shape index (κ3) is 3.45. The summed E-state index contributed by atoms with van der Waals surface area (Å²) in [5, 5.41) is 4.31. The maximum absolute atomic E-state index is 12.8. The number of aromatic nitrogens is 4. The summed E-state index contributed by atoms with van der Waals surface area (Å²) in [6, 6.07) is 10.00. The van der Waals surface area contributed by atoms with Crippen molar-refractivity contribution in [2.24, 2.45) is 0 Å². The molecule has 0 radical (unpaired) electrons. The van der Waals surface area contributed by atoms with Crippen molar-refractivity contribution >= 4 is 17.4 Å². The number of nitrogens with zero attached hydrogens (tertiary/aromatic N) is 6. The molecule has 7 heteroatoms. The van der Waals surface area contributed by atoms with Crippen molar-refractivity contribution in [2.45, 2.75) is 20.4 Å². The second-order valence-electron chi connectivity index (χ2n) is 6.11. The first-order chi connectivity index (χ1) is 12.0. The monoisotopic (exact) mass is 338 g/mol. The van der Waals surface area contributed by atoms with Crippen LogP contribution in [0, 0.1) is 6.92 Å². The zero-order valence-electron chi connectivity index (χ0n) is 15.0. The molecule has 2 heterocycles. The van der Waals surface area contributed by atoms with Crippen molar-refractivity contribution < 1.29 is 4.79 Å². The van der Waals surface area contributed by atoms with Gasteiger partial charge in [0.2, 0.25) is 5.82 Å². The van der Waals surface area contributed by atoms with Crippen LogP contribution in [0.25, 0.3) is 5.78 Å². The van der Waals surface area contributed by atoms with Gasteiger partial charge in [-0.1, -0.05) is 12.1 Å². The summed E-state index contributed by atoms with van der Waals surface area (Å²) in [7, 11) is 4.00. The molecule has 0 fully saturated rings. The Hall–Kier alpha value is -2.96. The van der Waals surface area contributed by atoms with Gasteiger partial charge in [-0.2, -0.15) is 4.98 Å². The van der Waals surface area contributed by atoms with Crippen LogP contribution in [-0.4, -0.2) is 51.0 Å². The Morgan fingerprint density at radius 3 is 2.48 bits per heavy atom. The fraction of sp³-hybridized carbons (Fsp3) is 0.333. The van der Waals surface area contributed by atoms with Gasteiger partial charge in [-0.3, -0.25) is 4.79 Å². The van der Waals surface area contributed by atoms with E-state index in [-0.39, 0.29) is 11.7 Å². The molecule has 25 heavy (non-hydrogen) atoms. The molecular formula is C18H22N6O. The minimum atomic E-state index is -0.191. The lowest BCUT2D eigenvalue weighted by molar-refractivity contribution is 0.0740. The summed E-state index contributed by atoms with van der Waals surface area (Å²) in [5.41, 5.74) is 3.08. The van der Waals surface area contributed by atoms with Gasteiger partial charge >= 0.3 is 0 Å². The van der Waals surface area contributed by atoms with E-state index in [9.17, 15) is 4.79 Å². The van der Waals surface area contributed by atoms with Gasteiger partial charge in [-0.05, 0) is 37.6 Å². The first-order valence-corrected chi connectivity index (χ1v) is 8.23. The molecule has 2 aromatic heterocycles. The highest BCUT2D eigenvalue weighted by molar-refractivity contribution is 5.90. The number of aryl methyl sites for hydroxylation is 1. The molecule has 3 rings (SSSR count). The lowest BCUT2D eigenvalue weighted by atomic mass is 10.2. The van der Waals surface area contributed by atoms with Gasteiger partial charge in [0.05, 0.1) is 0 Å². The molecule has 0 aliphatic rings. The number of carbonyl (C=O) groups excluding carboxylic acids is 1. The summed E-state index contributed by atoms with van der Waals surface area (Å²) in [6.45, 7) is 4.95. The summed E-state index contributed by atoms with van der Waals surface area (Å²) in [4.78, 5) is 25.0. The fourth-order valence-electron chi connectivity index (χ4n) is 2.59. The first kappa shape index (κ1) is 16.9. The van der Waals surface area contributed by atoms with Crippen LogP contribution < -0.4 is 4.90 Å². The molecule has 1 amide bonds. The average Bonchev–Trinajstić information content (AvgIpc) is 3.05. The minimum absolute atomic E-state index is 0.175. The van der Waals surface area contributed by atoms with Gasteiger partial charge in [0.25, 0.3) is 11.7 Å². The number of carbonyl (C=O) groups is 1. The number of rotatable bonds is 5. The van der Waals surface area contributed by atoms with E-state index in [1.165, 1.54) is 0 Å². The van der Waals surface area contributed by atoms with Crippen molar-refractivity contribution in [3.8, 4) is 0 Å². The van der Waals surface area contributed by atoms with Gasteiger partial charge in [0.15, 0.2) is 0 Å². The van der Waals surface area contributed by atoms with Crippen LogP contribution >= 0.6 is 0 Å². The second-order valence-corrected chi connectivity index (χ2v) is 6.11. The highest BCUT2D eigenvalue weighted by Crippen LogP contribution is 2.15. The molecule has 0 aliphatic heterocycles. The predicted molar refractivity (Wildman–Crippen MR) is 96.7 cm³/mol. The van der Waals surface area contributed by atoms with Crippen LogP contribution in [0.15, 0.2) is 36.5 Å². The molecular weight excluding hydrogens is 316 g/mol. The van der Waals surface area contributed by atoms with Crippen LogP contribution in [0.4, 0.5) is 5.69 Å². The predicted octanol–water partition coefficient (Wildman–Crippen LogP) is 2.16. The third-order valence-corrected chi connectivity index (χ3v) is 4.12. The standard InChI is InChI=1S/C18H22N6O/c1-5-23(12-14-6-8-15(9-7-14)22(3)4)17(25)16-20-18-19-11-10-13(2)24(18)21-16/h6-11H,5,12H2,1-4H3. The van der Waals surface area contributed by atoms with E-state index in [2.05, 4.69) is 15.1 Å². The molecule has 0 saturated carbocycles. The SMILES string of the molecule is CCN(Cc1ccc(N(C)C)cc1)C(=O)c1nc2nccc(C)n2n1. The molecule has 130 valence electrons. The summed E-state index contributed by atoms with van der Waals surface area (Å²) < 4.78 is 1.59. The Balaban J connectivity index is 1.81. The number of hydrogen-bond donors (Lipinski definition) is 0. The zero-order chi connectivity index (χ0) is 18.0. The van der Waals surface area contributed by atoms with Crippen molar-refractivity contribution in [2.75, 3.05) is 25.5 Å². The average molecular weight is 338 g/mol. The number of hydrogen-bond acceptors (Lipinski definition) is 5. The molecule has 0 saturated heterocycles. The number of amides is 1. The topological polar surface area (TPSA) is 66.6 Å². The lowest BCUT2D eigenvalue weighted by Gasteiger charge is -2.20. The van der Waals surface area contributed by atoms with E-state index in [0.29, 0.717) is 18.9 Å². The Morgan fingerprint density at radius 1 is 1.16 bits per heavy atom. The molecule has 7 nitrogen and oxygen atoms in total. The Morgan fingerprint density at radius 2 is 1.88 bits per heavy atom. The van der Waals surface area contributed by atoms with E-state index >= 15 is 0 Å². The fourth-order valence-corrected chi connectivity index (χ4v) is 2.59. The Kier molecular flexibility index (Phi) is 4.65. The van der Waals surface area contributed by atoms with Crippen molar-refractivity contribution in [1.29, 1.82) is 0 Å². The largest absolute Gasteiger partial charge is 0.378 e. The van der Waals surface area contributed by atoms with Crippen molar-refractivity contribution in [3.05, 3.63) is 53.6 Å². The smallest absolute Gasteiger partial charge is 0.293 e. The van der Waals surface area contributed by atoms with E-state index in [0.717, 1.165) is 16.9 Å². The molecule has 0 spiro atoms. The molecule has 1 aromatic carbocycles. The highest BCUT2D eigenvalue weighted by Gasteiger charge is 2.20. The van der Waals surface area contributed by atoms with E-state index < -0.39 is 0 Å². The Bertz CT molecular complexity index is 884. The maximum atomic E-state index is 12.8. The highest BCUT2D eigenvalue weighted by atomic mass is 16.2. The van der Waals surface area contributed by atoms with Crippen LogP contribution in [0.2, 0.25) is 0 Å². The molecule has 0 bridgehead atoms. The maximum Gasteiger partial charge on any atom is 0.293 e. The van der Waals surface area contributed by atoms with E-state index in [1.54, 1.807) is 15.6 Å². The molecule has 0 aliphatic carbocycles. The summed E-state index contributed by atoms with van der Waals surface area (Å²) in [6.07, 6.45) is 1.66. The number of benzene rings is 1. The first-order valence-electron chi connectivity index (χ1n) is 8.23. The van der Waals surface area contributed by atoms with Crippen molar-refractivity contribution in [3.63, 3.8) is 0 Å². The third-order valence-electron chi connectivity index (χ3n) is 4.12. The van der Waals surface area contributed by atoms with Gasteiger partial charge in [0.1, 0.15) is 0 Å². The normalized spacial score (nSPS) is 10.9. The van der Waals surface area contributed by atoms with E-state index in [4.69, 9.17) is 0 Å². The van der Waals surface area contributed by atoms with Crippen LogP contribution in [0.3, 0.4) is 0 Å². The van der Waals surface area contributed by atoms with Gasteiger partial charge in [-0.25, -0.2) is 9.50 Å². The number of fused-ring (bicyclic) bond motifs is 1. The van der Waals surface area contributed by atoms with Gasteiger partial charge in [0, 0.05) is 44.8 Å². The molecule has 0 atom stereocenters. The summed E-state index contributed by atoms with van der Waals surface area (Å²) >= 11 is 0. The zero-order valence-corrected chi connectivity index (χ0v) is 15.0. The second kappa shape index (κ2) is 6.88. The summed E-state index contributed by atoms with van der Waals surface area (Å²) in [5.74, 6) is 0.424. The molecule has 0 unspecified atom stereocenters. The van der Waals surface area contributed by atoms with Gasteiger partial charge in [-0.15, -0.1) is 5.10 Å². The van der Waals surface area contributed by atoms with E-state index in [1.807, 2.05) is 63.2 Å².